The predicted octanol–water partition coefficient (Wildman–Crippen LogP) is 18.9. The van der Waals surface area contributed by atoms with Crippen LogP contribution in [0.3, 0.4) is 0 Å². The second-order valence-electron chi connectivity index (χ2n) is 22.6. The molecule has 72 heavy (non-hydrogen) atoms. The molecule has 3 unspecified atom stereocenters. The lowest BCUT2D eigenvalue weighted by molar-refractivity contribution is -0.870. The smallest absolute Gasteiger partial charge is 0.456 e. The number of esters is 1. The van der Waals surface area contributed by atoms with Crippen LogP contribution < -0.4 is 5.32 Å². The van der Waals surface area contributed by atoms with Gasteiger partial charge in [-0.25, -0.2) is 4.57 Å². The monoisotopic (exact) mass is 1040 g/mol. The average Bonchev–Trinajstić information content (AvgIpc) is 3.34. The number of hydrogen-bond acceptors (Lipinski definition) is 6. The van der Waals surface area contributed by atoms with Gasteiger partial charge in [-0.3, -0.25) is 18.6 Å². The summed E-state index contributed by atoms with van der Waals surface area (Å²) in [4.78, 5) is 37.7. The molecule has 9 nitrogen and oxygen atoms in total. The number of amides is 1. The molecule has 0 radical (unpaired) electrons. The number of nitrogens with zero attached hydrogens (tertiary/aromatic N) is 1. The zero-order chi connectivity index (χ0) is 52.9. The van der Waals surface area contributed by atoms with E-state index in [1.165, 1.54) is 205 Å². The van der Waals surface area contributed by atoms with E-state index in [2.05, 4.69) is 38.2 Å². The highest BCUT2D eigenvalue weighted by Gasteiger charge is 2.30. The summed E-state index contributed by atoms with van der Waals surface area (Å²) in [5.41, 5.74) is 0. The molecule has 0 bridgehead atoms. The first-order valence-corrected chi connectivity index (χ1v) is 32.7. The van der Waals surface area contributed by atoms with Crippen molar-refractivity contribution in [2.75, 3.05) is 40.9 Å². The Labute approximate surface area is 447 Å². The standard InChI is InChI=1S/C62H121N2O7P/c1-7-10-13-16-19-22-25-28-30-31-32-33-34-37-40-43-46-49-52-55-62(66)71-60(53-50-47-44-41-38-35-27-24-21-18-15-12-9-3)59(58-70-72(67,68)69-57-56-64(4,5)6)63-61(65)54-51-48-45-42-39-36-29-26-23-20-17-14-11-8-2/h36,39,50,53,59-60H,7-35,37-38,40-49,51-52,54-58H2,1-6H3,(H-,63,65,67,68)/p+1/b39-36-,53-50+. The van der Waals surface area contributed by atoms with Gasteiger partial charge in [0, 0.05) is 12.8 Å². The van der Waals surface area contributed by atoms with Crippen LogP contribution in [0.15, 0.2) is 24.3 Å². The van der Waals surface area contributed by atoms with Gasteiger partial charge in [0.25, 0.3) is 0 Å². The van der Waals surface area contributed by atoms with Crippen molar-refractivity contribution in [3.8, 4) is 0 Å². The SMILES string of the molecule is CCCCCCCCC/C=C\CCCCCC(=O)NC(COP(=O)(O)OCC[N+](C)(C)C)C(/C=C/CCCCCCCCCCCCC)OC(=O)CCCCCCCCCCCCCCCCCCCCC. The highest BCUT2D eigenvalue weighted by atomic mass is 31.2. The number of rotatable bonds is 57. The number of hydrogen-bond donors (Lipinski definition) is 2. The van der Waals surface area contributed by atoms with E-state index in [0.717, 1.165) is 70.6 Å². The molecule has 0 rings (SSSR count). The molecule has 2 N–H and O–H groups in total. The normalized spacial score (nSPS) is 13.8. The first-order chi connectivity index (χ1) is 34.9. The third kappa shape index (κ3) is 53.3. The largest absolute Gasteiger partial charge is 0.472 e. The van der Waals surface area contributed by atoms with Crippen molar-refractivity contribution in [1.82, 2.24) is 5.32 Å². The fraction of sp³-hybridized carbons (Fsp3) is 0.903. The van der Waals surface area contributed by atoms with E-state index in [1.807, 2.05) is 33.3 Å². The molecule has 0 aliphatic rings. The van der Waals surface area contributed by atoms with Crippen LogP contribution in [0.5, 0.6) is 0 Å². The van der Waals surface area contributed by atoms with Crippen molar-refractivity contribution in [1.29, 1.82) is 0 Å². The molecule has 1 amide bonds. The Bertz CT molecular complexity index is 1290. The topological polar surface area (TPSA) is 111 Å². The molecule has 3 atom stereocenters. The van der Waals surface area contributed by atoms with Gasteiger partial charge < -0.3 is 19.4 Å². The number of quaternary nitrogens is 1. The van der Waals surface area contributed by atoms with Crippen molar-refractivity contribution in [2.45, 2.75) is 322 Å². The zero-order valence-corrected chi connectivity index (χ0v) is 49.6. The third-order valence-electron chi connectivity index (χ3n) is 14.1. The molecule has 10 heteroatoms. The van der Waals surface area contributed by atoms with Gasteiger partial charge in [0.05, 0.1) is 33.8 Å². The molecule has 0 heterocycles. The van der Waals surface area contributed by atoms with Crippen LogP contribution in [0.25, 0.3) is 0 Å². The number of phosphoric ester groups is 1. The van der Waals surface area contributed by atoms with Crippen LogP contribution in [0, 0.1) is 0 Å². The Hall–Kier alpha value is -1.51. The van der Waals surface area contributed by atoms with Crippen LogP contribution in [0.4, 0.5) is 0 Å². The lowest BCUT2D eigenvalue weighted by atomic mass is 10.0. The zero-order valence-electron chi connectivity index (χ0n) is 48.7. The van der Waals surface area contributed by atoms with Crippen LogP contribution >= 0.6 is 7.82 Å². The lowest BCUT2D eigenvalue weighted by Crippen LogP contribution is -2.47. The van der Waals surface area contributed by atoms with Crippen molar-refractivity contribution >= 4 is 19.7 Å². The third-order valence-corrected chi connectivity index (χ3v) is 15.1. The number of phosphoric acid groups is 1. The summed E-state index contributed by atoms with van der Waals surface area (Å²) in [6.07, 6.45) is 61.7. The molecule has 0 spiro atoms. The summed E-state index contributed by atoms with van der Waals surface area (Å²) < 4.78 is 30.7. The minimum atomic E-state index is -4.44. The molecular formula is C62H122N2O7P+. The van der Waals surface area contributed by atoms with Gasteiger partial charge in [0.2, 0.25) is 5.91 Å². The maximum absolute atomic E-state index is 13.5. The Balaban J connectivity index is 5.25. The molecule has 0 aliphatic heterocycles. The number of carbonyl (C=O) groups excluding carboxylic acids is 2. The van der Waals surface area contributed by atoms with Gasteiger partial charge in [-0.15, -0.1) is 0 Å². The number of nitrogens with one attached hydrogen (secondary N) is 1. The Morgan fingerprint density at radius 3 is 1.19 bits per heavy atom. The summed E-state index contributed by atoms with van der Waals surface area (Å²) in [6.45, 7) is 7.04. The minimum absolute atomic E-state index is 0.0410. The van der Waals surface area contributed by atoms with E-state index in [4.69, 9.17) is 13.8 Å². The molecular weight excluding hydrogens is 916 g/mol. The number of likely N-dealkylation sites (N-methyl/N-ethyl adjacent to an activating group) is 1. The second-order valence-corrected chi connectivity index (χ2v) is 24.0. The van der Waals surface area contributed by atoms with Gasteiger partial charge in [0.1, 0.15) is 19.3 Å². The fourth-order valence-electron chi connectivity index (χ4n) is 9.29. The summed E-state index contributed by atoms with van der Waals surface area (Å²) in [7, 11) is 1.50. The first-order valence-electron chi connectivity index (χ1n) is 31.2. The quantitative estimate of drug-likeness (QED) is 0.0205. The van der Waals surface area contributed by atoms with Gasteiger partial charge >= 0.3 is 13.8 Å². The first kappa shape index (κ1) is 70.5. The van der Waals surface area contributed by atoms with E-state index in [-0.39, 0.29) is 25.1 Å². The molecule has 0 fully saturated rings. The van der Waals surface area contributed by atoms with Crippen LogP contribution in [0.1, 0.15) is 310 Å². The molecule has 0 aromatic heterocycles. The van der Waals surface area contributed by atoms with Crippen molar-refractivity contribution in [3.63, 3.8) is 0 Å². The number of ether oxygens (including phenoxy) is 1. The summed E-state index contributed by atoms with van der Waals surface area (Å²) >= 11 is 0. The van der Waals surface area contributed by atoms with E-state index in [0.29, 0.717) is 23.9 Å². The van der Waals surface area contributed by atoms with Crippen molar-refractivity contribution in [3.05, 3.63) is 24.3 Å². The molecule has 426 valence electrons. The maximum Gasteiger partial charge on any atom is 0.472 e. The van der Waals surface area contributed by atoms with E-state index >= 15 is 0 Å². The van der Waals surface area contributed by atoms with Crippen LogP contribution in [-0.4, -0.2) is 74.3 Å². The second kappa shape index (κ2) is 52.9. The molecule has 0 aliphatic carbocycles. The van der Waals surface area contributed by atoms with Gasteiger partial charge in [-0.2, -0.15) is 0 Å². The fourth-order valence-corrected chi connectivity index (χ4v) is 10.0. The van der Waals surface area contributed by atoms with Gasteiger partial charge in [0.15, 0.2) is 0 Å². The number of allylic oxidation sites excluding steroid dienone is 3. The summed E-state index contributed by atoms with van der Waals surface area (Å²) in [6, 6.07) is -0.850. The van der Waals surface area contributed by atoms with Crippen LogP contribution in [0.2, 0.25) is 0 Å². The minimum Gasteiger partial charge on any atom is -0.456 e. The molecule has 0 aromatic rings. The number of unbranched alkanes of at least 4 members (excludes halogenated alkanes) is 39. The van der Waals surface area contributed by atoms with Crippen molar-refractivity contribution < 1.29 is 37.3 Å². The average molecular weight is 1040 g/mol. The molecule has 0 saturated heterocycles. The molecule has 0 saturated carbocycles. The van der Waals surface area contributed by atoms with Crippen LogP contribution in [-0.2, 0) is 27.9 Å². The number of carbonyl (C=O) groups is 2. The van der Waals surface area contributed by atoms with Crippen molar-refractivity contribution in [2.24, 2.45) is 0 Å². The summed E-state index contributed by atoms with van der Waals surface area (Å²) in [5, 5.41) is 3.05. The summed E-state index contributed by atoms with van der Waals surface area (Å²) in [5.74, 6) is -0.507. The highest BCUT2D eigenvalue weighted by Crippen LogP contribution is 2.43. The molecule has 0 aromatic carbocycles. The van der Waals surface area contributed by atoms with E-state index in [1.54, 1.807) is 0 Å². The Morgan fingerprint density at radius 1 is 0.472 bits per heavy atom. The Kier molecular flexibility index (Phi) is 51.8. The van der Waals surface area contributed by atoms with E-state index < -0.39 is 20.0 Å². The van der Waals surface area contributed by atoms with Gasteiger partial charge in [-0.05, 0) is 57.4 Å². The maximum atomic E-state index is 13.5. The van der Waals surface area contributed by atoms with Gasteiger partial charge in [-0.1, -0.05) is 264 Å². The van der Waals surface area contributed by atoms with E-state index in [9.17, 15) is 19.0 Å². The Morgan fingerprint density at radius 2 is 0.806 bits per heavy atom. The predicted molar refractivity (Wildman–Crippen MR) is 310 cm³/mol. The highest BCUT2D eigenvalue weighted by molar-refractivity contribution is 7.47. The lowest BCUT2D eigenvalue weighted by Gasteiger charge is -2.27.